The Hall–Kier alpha value is -3.34. The fourth-order valence-electron chi connectivity index (χ4n) is 3.20. The fourth-order valence-corrected chi connectivity index (χ4v) is 3.20. The number of nitrogens with one attached hydrogen (secondary N) is 2. The third kappa shape index (κ3) is 3.98. The Morgan fingerprint density at radius 3 is 2.57 bits per heavy atom. The number of rotatable bonds is 5. The minimum absolute atomic E-state index is 0.381. The van der Waals surface area contributed by atoms with E-state index in [1.165, 1.54) is 12.3 Å². The Kier molecular flexibility index (Phi) is 5.36. The van der Waals surface area contributed by atoms with Gasteiger partial charge in [-0.3, -0.25) is 9.59 Å². The van der Waals surface area contributed by atoms with Crippen molar-refractivity contribution < 1.29 is 14.7 Å². The van der Waals surface area contributed by atoms with Crippen molar-refractivity contribution in [1.82, 2.24) is 10.3 Å². The van der Waals surface area contributed by atoms with Crippen LogP contribution >= 0.6 is 0 Å². The Bertz CT molecular complexity index is 1090. The van der Waals surface area contributed by atoms with Gasteiger partial charge in [-0.1, -0.05) is 18.2 Å². The minimum Gasteiger partial charge on any atom is -0.480 e. The van der Waals surface area contributed by atoms with E-state index < -0.39 is 12.0 Å². The molecule has 144 valence electrons. The van der Waals surface area contributed by atoms with Crippen LogP contribution in [0.3, 0.4) is 0 Å². The van der Waals surface area contributed by atoms with E-state index in [-0.39, 0.29) is 5.91 Å². The van der Waals surface area contributed by atoms with Gasteiger partial charge in [-0.15, -0.1) is 0 Å². The van der Waals surface area contributed by atoms with Gasteiger partial charge in [0.05, 0.1) is 0 Å². The molecule has 3 aromatic rings. The van der Waals surface area contributed by atoms with Crippen LogP contribution in [0.25, 0.3) is 28.1 Å². The highest BCUT2D eigenvalue weighted by Crippen LogP contribution is 2.30. The van der Waals surface area contributed by atoms with Gasteiger partial charge >= 0.3 is 5.97 Å². The molecule has 0 aliphatic heterocycles. The summed E-state index contributed by atoms with van der Waals surface area (Å²) in [7, 11) is 0. The van der Waals surface area contributed by atoms with E-state index in [0.29, 0.717) is 5.57 Å². The molecule has 5 nitrogen and oxygen atoms in total. The predicted molar refractivity (Wildman–Crippen MR) is 112 cm³/mol. The quantitative estimate of drug-likeness (QED) is 0.576. The van der Waals surface area contributed by atoms with Crippen molar-refractivity contribution in [3.63, 3.8) is 0 Å². The summed E-state index contributed by atoms with van der Waals surface area (Å²) < 4.78 is 0. The molecule has 1 heterocycles. The lowest BCUT2D eigenvalue weighted by atomic mass is 9.93. The normalized spacial score (nSPS) is 12.8. The van der Waals surface area contributed by atoms with Crippen LogP contribution in [0.5, 0.6) is 0 Å². The van der Waals surface area contributed by atoms with E-state index in [1.54, 1.807) is 13.0 Å². The second-order valence-electron chi connectivity index (χ2n) is 7.16. The summed E-state index contributed by atoms with van der Waals surface area (Å²) >= 11 is 0. The Morgan fingerprint density at radius 2 is 1.86 bits per heavy atom. The van der Waals surface area contributed by atoms with Crippen molar-refractivity contribution in [1.29, 1.82) is 0 Å². The molecule has 0 spiro atoms. The average molecular weight is 376 g/mol. The van der Waals surface area contributed by atoms with Crippen molar-refractivity contribution in [2.75, 3.05) is 0 Å². The molecule has 0 radical (unpaired) electrons. The number of amides is 1. The number of benzene rings is 2. The van der Waals surface area contributed by atoms with Gasteiger partial charge in [-0.05, 0) is 85.2 Å². The van der Waals surface area contributed by atoms with E-state index in [9.17, 15) is 9.59 Å². The molecule has 1 atom stereocenters. The smallest absolute Gasteiger partial charge is 0.325 e. The van der Waals surface area contributed by atoms with Crippen LogP contribution in [-0.4, -0.2) is 28.0 Å². The van der Waals surface area contributed by atoms with Crippen LogP contribution in [0.15, 0.2) is 48.2 Å². The SMILES string of the molecule is C/C(=C\c1cc(C)c(-c2ccc3[nH]ccc3c2)cc1C)C(=O)N[C@H](C)C(=O)O. The van der Waals surface area contributed by atoms with Gasteiger partial charge in [0, 0.05) is 17.3 Å². The Labute approximate surface area is 164 Å². The number of H-pyrrole nitrogens is 1. The molecule has 5 heteroatoms. The molecule has 3 N–H and O–H groups in total. The summed E-state index contributed by atoms with van der Waals surface area (Å²) in [5.74, 6) is -1.44. The van der Waals surface area contributed by atoms with Crippen molar-refractivity contribution in [2.24, 2.45) is 0 Å². The summed E-state index contributed by atoms with van der Waals surface area (Å²) in [6.07, 6.45) is 3.73. The average Bonchev–Trinajstić information content (AvgIpc) is 3.11. The number of carbonyl (C=O) groups is 2. The van der Waals surface area contributed by atoms with Crippen LogP contribution in [-0.2, 0) is 9.59 Å². The molecule has 0 saturated carbocycles. The first-order valence-corrected chi connectivity index (χ1v) is 9.17. The fraction of sp³-hybridized carbons (Fsp3) is 0.217. The molecule has 2 aromatic carbocycles. The molecule has 28 heavy (non-hydrogen) atoms. The van der Waals surface area contributed by atoms with Crippen LogP contribution in [0.1, 0.15) is 30.5 Å². The van der Waals surface area contributed by atoms with Gasteiger partial charge in [0.15, 0.2) is 0 Å². The molecule has 0 aliphatic rings. The van der Waals surface area contributed by atoms with E-state index in [4.69, 9.17) is 5.11 Å². The number of carboxylic acids is 1. The second kappa shape index (κ2) is 7.72. The largest absolute Gasteiger partial charge is 0.480 e. The lowest BCUT2D eigenvalue weighted by Gasteiger charge is -2.13. The van der Waals surface area contributed by atoms with Crippen LogP contribution in [0.4, 0.5) is 0 Å². The molecule has 0 bridgehead atoms. The standard InChI is InChI=1S/C23H24N2O3/c1-13-11-20(17-5-6-21-18(12-17)7-8-24-21)14(2)9-19(13)10-15(3)22(26)25-16(4)23(27)28/h5-12,16,24H,1-4H3,(H,25,26)(H,27,28)/b15-10+/t16-/m1/s1. The van der Waals surface area contributed by atoms with Crippen molar-refractivity contribution in [3.8, 4) is 11.1 Å². The van der Waals surface area contributed by atoms with E-state index in [2.05, 4.69) is 53.6 Å². The van der Waals surface area contributed by atoms with Gasteiger partial charge in [0.25, 0.3) is 0 Å². The maximum atomic E-state index is 12.2. The van der Waals surface area contributed by atoms with Crippen molar-refractivity contribution in [3.05, 3.63) is 64.9 Å². The molecular formula is C23H24N2O3. The van der Waals surface area contributed by atoms with Gasteiger partial charge in [0.2, 0.25) is 5.91 Å². The predicted octanol–water partition coefficient (Wildman–Crippen LogP) is 4.44. The number of hydrogen-bond acceptors (Lipinski definition) is 2. The first kappa shape index (κ1) is 19.4. The van der Waals surface area contributed by atoms with Crippen LogP contribution in [0, 0.1) is 13.8 Å². The number of aliphatic carboxylic acids is 1. The zero-order valence-electron chi connectivity index (χ0n) is 16.5. The van der Waals surface area contributed by atoms with E-state index in [1.807, 2.05) is 13.1 Å². The third-order valence-electron chi connectivity index (χ3n) is 4.93. The summed E-state index contributed by atoms with van der Waals surface area (Å²) in [6, 6.07) is 11.6. The van der Waals surface area contributed by atoms with Gasteiger partial charge < -0.3 is 15.4 Å². The maximum absolute atomic E-state index is 12.2. The van der Waals surface area contributed by atoms with Gasteiger partial charge in [0.1, 0.15) is 6.04 Å². The number of carboxylic acid groups (broad SMARTS) is 1. The highest BCUT2D eigenvalue weighted by Gasteiger charge is 2.15. The number of fused-ring (bicyclic) bond motifs is 1. The number of aromatic amines is 1. The minimum atomic E-state index is -1.06. The molecule has 0 saturated heterocycles. The lowest BCUT2D eigenvalue weighted by molar-refractivity contribution is -0.140. The van der Waals surface area contributed by atoms with Gasteiger partial charge in [-0.2, -0.15) is 0 Å². The van der Waals surface area contributed by atoms with Crippen LogP contribution < -0.4 is 5.32 Å². The Balaban J connectivity index is 1.91. The summed E-state index contributed by atoms with van der Waals surface area (Å²) in [6.45, 7) is 7.19. The zero-order valence-corrected chi connectivity index (χ0v) is 16.5. The Morgan fingerprint density at radius 1 is 1.11 bits per heavy atom. The number of aromatic nitrogens is 1. The maximum Gasteiger partial charge on any atom is 0.325 e. The summed E-state index contributed by atoms with van der Waals surface area (Å²) in [5.41, 5.74) is 6.98. The van der Waals surface area contributed by atoms with Gasteiger partial charge in [-0.25, -0.2) is 0 Å². The number of carbonyl (C=O) groups excluding carboxylic acids is 1. The molecule has 0 aliphatic carbocycles. The topological polar surface area (TPSA) is 82.2 Å². The molecule has 1 amide bonds. The molecule has 1 aromatic heterocycles. The van der Waals surface area contributed by atoms with Crippen LogP contribution in [0.2, 0.25) is 0 Å². The second-order valence-corrected chi connectivity index (χ2v) is 7.16. The molecule has 0 unspecified atom stereocenters. The zero-order chi connectivity index (χ0) is 20.4. The monoisotopic (exact) mass is 376 g/mol. The lowest BCUT2D eigenvalue weighted by Crippen LogP contribution is -2.38. The number of aryl methyl sites for hydroxylation is 2. The highest BCUT2D eigenvalue weighted by atomic mass is 16.4. The van der Waals surface area contributed by atoms with E-state index >= 15 is 0 Å². The number of hydrogen-bond donors (Lipinski definition) is 3. The van der Waals surface area contributed by atoms with Crippen molar-refractivity contribution >= 4 is 28.9 Å². The molecular weight excluding hydrogens is 352 g/mol. The molecule has 0 fully saturated rings. The first-order valence-electron chi connectivity index (χ1n) is 9.17. The summed E-state index contributed by atoms with van der Waals surface area (Å²) in [5, 5.41) is 12.6. The summed E-state index contributed by atoms with van der Waals surface area (Å²) in [4.78, 5) is 26.3. The first-order chi connectivity index (χ1) is 13.3. The van der Waals surface area contributed by atoms with Crippen molar-refractivity contribution in [2.45, 2.75) is 33.7 Å². The third-order valence-corrected chi connectivity index (χ3v) is 4.93. The molecule has 3 rings (SSSR count). The highest BCUT2D eigenvalue weighted by molar-refractivity contribution is 5.99. The van der Waals surface area contributed by atoms with E-state index in [0.717, 1.165) is 33.3 Å².